The molecule has 28 heavy (non-hydrogen) atoms. The predicted molar refractivity (Wildman–Crippen MR) is 126 cm³/mol. The summed E-state index contributed by atoms with van der Waals surface area (Å²) >= 11 is 3.37. The van der Waals surface area contributed by atoms with Gasteiger partial charge in [-0.15, -0.1) is 24.0 Å². The van der Waals surface area contributed by atoms with E-state index in [0.29, 0.717) is 25.5 Å². The molecule has 7 nitrogen and oxygen atoms in total. The number of amides is 1. The third-order valence-corrected chi connectivity index (χ3v) is 4.56. The molecule has 0 spiro atoms. The molecule has 1 aromatic heterocycles. The van der Waals surface area contributed by atoms with Gasteiger partial charge in [-0.25, -0.2) is 0 Å². The number of hydrogen-bond acceptors (Lipinski definition) is 4. The van der Waals surface area contributed by atoms with E-state index in [0.717, 1.165) is 40.0 Å². The summed E-state index contributed by atoms with van der Waals surface area (Å²) < 4.78 is 6.35. The zero-order valence-electron chi connectivity index (χ0n) is 16.3. The van der Waals surface area contributed by atoms with Crippen LogP contribution in [0.3, 0.4) is 0 Å². The van der Waals surface area contributed by atoms with Gasteiger partial charge in [0.2, 0.25) is 5.91 Å². The van der Waals surface area contributed by atoms with Gasteiger partial charge >= 0.3 is 0 Å². The minimum atomic E-state index is -0.0548. The molecule has 0 aliphatic carbocycles. The Hall–Kier alpha value is -1.62. The van der Waals surface area contributed by atoms with Crippen molar-refractivity contribution < 1.29 is 9.32 Å². The van der Waals surface area contributed by atoms with E-state index >= 15 is 0 Å². The topological polar surface area (TPSA) is 91.6 Å². The molecule has 0 fully saturated rings. The van der Waals surface area contributed by atoms with Crippen LogP contribution in [-0.4, -0.2) is 30.6 Å². The number of aromatic nitrogens is 1. The third kappa shape index (κ3) is 7.42. The summed E-state index contributed by atoms with van der Waals surface area (Å²) in [6.07, 6.45) is 1.96. The van der Waals surface area contributed by atoms with E-state index in [1.54, 1.807) is 7.05 Å². The van der Waals surface area contributed by atoms with Gasteiger partial charge in [0.25, 0.3) is 0 Å². The van der Waals surface area contributed by atoms with Crippen LogP contribution in [0.15, 0.2) is 38.3 Å². The second-order valence-corrected chi connectivity index (χ2v) is 6.81. The average Bonchev–Trinajstić information content (AvgIpc) is 3.08. The van der Waals surface area contributed by atoms with E-state index in [2.05, 4.69) is 49.0 Å². The molecular weight excluding hydrogens is 537 g/mol. The zero-order chi connectivity index (χ0) is 19.6. The quantitative estimate of drug-likeness (QED) is 0.258. The van der Waals surface area contributed by atoms with E-state index in [9.17, 15) is 4.79 Å². The van der Waals surface area contributed by atoms with Crippen LogP contribution < -0.4 is 16.0 Å². The minimum Gasteiger partial charge on any atom is -0.361 e. The SMILES string of the molecule is CCc1noc(CC)c1CNC(=NC)NCCC(=O)Nc1ccc(Br)cc1.I. The highest BCUT2D eigenvalue weighted by atomic mass is 127. The highest BCUT2D eigenvalue weighted by molar-refractivity contribution is 14.0. The molecule has 0 unspecified atom stereocenters. The van der Waals surface area contributed by atoms with E-state index in [1.807, 2.05) is 31.2 Å². The highest BCUT2D eigenvalue weighted by Crippen LogP contribution is 2.15. The van der Waals surface area contributed by atoms with Gasteiger partial charge in [0.05, 0.1) is 5.69 Å². The first-order valence-electron chi connectivity index (χ1n) is 9.03. The molecule has 2 aromatic rings. The summed E-state index contributed by atoms with van der Waals surface area (Å²) in [6, 6.07) is 7.48. The fraction of sp³-hybridized carbons (Fsp3) is 0.421. The average molecular weight is 564 g/mol. The van der Waals surface area contributed by atoms with Crippen molar-refractivity contribution in [2.45, 2.75) is 39.7 Å². The molecule has 1 aromatic carbocycles. The lowest BCUT2D eigenvalue weighted by Gasteiger charge is -2.12. The number of benzene rings is 1. The first kappa shape index (κ1) is 24.4. The minimum absolute atomic E-state index is 0. The Labute approximate surface area is 191 Å². The summed E-state index contributed by atoms with van der Waals surface area (Å²) in [5, 5.41) is 13.4. The van der Waals surface area contributed by atoms with Crippen LogP contribution >= 0.6 is 39.9 Å². The van der Waals surface area contributed by atoms with Crippen LogP contribution in [0.1, 0.15) is 37.3 Å². The van der Waals surface area contributed by atoms with E-state index < -0.39 is 0 Å². The lowest BCUT2D eigenvalue weighted by atomic mass is 10.1. The molecule has 0 bridgehead atoms. The van der Waals surface area contributed by atoms with Gasteiger partial charge in [-0.2, -0.15) is 0 Å². The maximum atomic E-state index is 12.0. The van der Waals surface area contributed by atoms with Crippen LogP contribution in [0.5, 0.6) is 0 Å². The van der Waals surface area contributed by atoms with Crippen LogP contribution in [0.25, 0.3) is 0 Å². The number of aryl methyl sites for hydroxylation is 2. The van der Waals surface area contributed by atoms with Crippen molar-refractivity contribution in [3.8, 4) is 0 Å². The van der Waals surface area contributed by atoms with Crippen molar-refractivity contribution >= 4 is 57.5 Å². The lowest BCUT2D eigenvalue weighted by Crippen LogP contribution is -2.38. The summed E-state index contributed by atoms with van der Waals surface area (Å²) in [7, 11) is 1.70. The smallest absolute Gasteiger partial charge is 0.226 e. The number of hydrogen-bond donors (Lipinski definition) is 3. The zero-order valence-corrected chi connectivity index (χ0v) is 20.3. The standard InChI is InChI=1S/C19H26BrN5O2.HI/c1-4-16-15(17(5-2)27-25-16)12-23-19(21-3)22-11-10-18(26)24-14-8-6-13(20)7-9-14;/h6-9H,4-5,10-12H2,1-3H3,(H,24,26)(H2,21,22,23);1H. The number of halogens is 2. The lowest BCUT2D eigenvalue weighted by molar-refractivity contribution is -0.116. The second kappa shape index (κ2) is 12.8. The molecule has 2 rings (SSSR count). The number of rotatable bonds is 8. The molecule has 0 radical (unpaired) electrons. The van der Waals surface area contributed by atoms with Crippen LogP contribution in [0.2, 0.25) is 0 Å². The van der Waals surface area contributed by atoms with Gasteiger partial charge in [-0.3, -0.25) is 9.79 Å². The van der Waals surface area contributed by atoms with Crippen molar-refractivity contribution in [3.63, 3.8) is 0 Å². The second-order valence-electron chi connectivity index (χ2n) is 5.90. The van der Waals surface area contributed by atoms with Gasteiger partial charge < -0.3 is 20.5 Å². The maximum absolute atomic E-state index is 12.0. The van der Waals surface area contributed by atoms with Crippen LogP contribution in [0, 0.1) is 0 Å². The number of carbonyl (C=O) groups excluding carboxylic acids is 1. The van der Waals surface area contributed by atoms with Gasteiger partial charge in [0.1, 0.15) is 5.76 Å². The van der Waals surface area contributed by atoms with E-state index in [1.165, 1.54) is 0 Å². The molecular formula is C19H27BrIN5O2. The van der Waals surface area contributed by atoms with Gasteiger partial charge in [-0.1, -0.05) is 34.9 Å². The monoisotopic (exact) mass is 563 g/mol. The molecule has 0 aliphatic heterocycles. The highest BCUT2D eigenvalue weighted by Gasteiger charge is 2.13. The number of guanidine groups is 1. The normalized spacial score (nSPS) is 10.9. The molecule has 0 atom stereocenters. The Balaban J connectivity index is 0.00000392. The molecule has 1 heterocycles. The summed E-state index contributed by atoms with van der Waals surface area (Å²) in [4.78, 5) is 16.2. The van der Waals surface area contributed by atoms with Crippen molar-refractivity contribution in [1.29, 1.82) is 0 Å². The molecule has 1 amide bonds. The Morgan fingerprint density at radius 2 is 1.89 bits per heavy atom. The van der Waals surface area contributed by atoms with Crippen LogP contribution in [0.4, 0.5) is 5.69 Å². The summed E-state index contributed by atoms with van der Waals surface area (Å²) in [5.41, 5.74) is 2.82. The number of aliphatic imine (C=N–C) groups is 1. The van der Waals surface area contributed by atoms with Gasteiger partial charge in [-0.05, 0) is 30.7 Å². The summed E-state index contributed by atoms with van der Waals surface area (Å²) in [6.45, 7) is 5.16. The maximum Gasteiger partial charge on any atom is 0.226 e. The largest absolute Gasteiger partial charge is 0.361 e. The molecule has 0 saturated carbocycles. The molecule has 154 valence electrons. The fourth-order valence-electron chi connectivity index (χ4n) is 2.58. The molecule has 3 N–H and O–H groups in total. The van der Waals surface area contributed by atoms with Crippen LogP contribution in [-0.2, 0) is 24.2 Å². The van der Waals surface area contributed by atoms with Gasteiger partial charge in [0, 0.05) is 48.7 Å². The van der Waals surface area contributed by atoms with E-state index in [-0.39, 0.29) is 29.9 Å². The van der Waals surface area contributed by atoms with E-state index in [4.69, 9.17) is 4.52 Å². The predicted octanol–water partition coefficient (Wildman–Crippen LogP) is 3.87. The number of anilines is 1. The Morgan fingerprint density at radius 3 is 2.50 bits per heavy atom. The van der Waals surface area contributed by atoms with Gasteiger partial charge in [0.15, 0.2) is 5.96 Å². The van der Waals surface area contributed by atoms with Crippen molar-refractivity contribution in [2.75, 3.05) is 18.9 Å². The molecule has 9 heteroatoms. The summed E-state index contributed by atoms with van der Waals surface area (Å²) in [5.74, 6) is 1.47. The van der Waals surface area contributed by atoms with Crippen molar-refractivity contribution in [3.05, 3.63) is 45.8 Å². The Kier molecular flexibility index (Phi) is 11.1. The first-order chi connectivity index (χ1) is 13.1. The third-order valence-electron chi connectivity index (χ3n) is 4.04. The number of carbonyl (C=O) groups is 1. The molecule has 0 aliphatic rings. The van der Waals surface area contributed by atoms with Crippen molar-refractivity contribution in [1.82, 2.24) is 15.8 Å². The fourth-order valence-corrected chi connectivity index (χ4v) is 2.85. The number of nitrogens with one attached hydrogen (secondary N) is 3. The number of nitrogens with zero attached hydrogens (tertiary/aromatic N) is 2. The first-order valence-corrected chi connectivity index (χ1v) is 9.82. The molecule has 0 saturated heterocycles. The Bertz CT molecular complexity index is 756. The van der Waals surface area contributed by atoms with Crippen molar-refractivity contribution in [2.24, 2.45) is 4.99 Å². The Morgan fingerprint density at radius 1 is 1.18 bits per heavy atom.